The molecule has 1 aromatic heterocycles. The average Bonchev–Trinajstić information content (AvgIpc) is 3.09. The Kier molecular flexibility index (Phi) is 5.99. The molecule has 3 heteroatoms. The number of aryl methyl sites for hydroxylation is 3. The third kappa shape index (κ3) is 4.09. The first kappa shape index (κ1) is 19.0. The molecule has 0 N–H and O–H groups in total. The van der Waals surface area contributed by atoms with Crippen LogP contribution in [0.1, 0.15) is 67.8 Å². The van der Waals surface area contributed by atoms with Crippen LogP contribution in [-0.4, -0.2) is 16.2 Å². The van der Waals surface area contributed by atoms with Crippen LogP contribution in [0, 0.1) is 13.8 Å². The van der Waals surface area contributed by atoms with Crippen LogP contribution >= 0.6 is 0 Å². The Hall–Kier alpha value is -2.29. The van der Waals surface area contributed by atoms with Gasteiger partial charge < -0.3 is 9.30 Å². The van der Waals surface area contributed by atoms with E-state index in [-0.39, 0.29) is 0 Å². The lowest BCUT2D eigenvalue weighted by molar-refractivity contribution is 0.298. The van der Waals surface area contributed by atoms with Gasteiger partial charge in [0.25, 0.3) is 0 Å². The first-order chi connectivity index (χ1) is 13.7. The monoisotopic (exact) mass is 376 g/mol. The van der Waals surface area contributed by atoms with E-state index in [0.29, 0.717) is 5.92 Å². The molecule has 0 aliphatic heterocycles. The molecule has 0 amide bonds. The SMILES string of the molecule is Cc1cccc(C)c1OCCCCn1c(C2CCCCC2)nc2ccccc21. The van der Waals surface area contributed by atoms with Gasteiger partial charge in [-0.1, -0.05) is 49.6 Å². The van der Waals surface area contributed by atoms with Gasteiger partial charge in [-0.3, -0.25) is 0 Å². The fourth-order valence-corrected chi connectivity index (χ4v) is 4.57. The molecular formula is C25H32N2O. The number of fused-ring (bicyclic) bond motifs is 1. The second kappa shape index (κ2) is 8.81. The summed E-state index contributed by atoms with van der Waals surface area (Å²) in [6, 6.07) is 14.9. The molecule has 0 atom stereocenters. The van der Waals surface area contributed by atoms with E-state index in [1.54, 1.807) is 0 Å². The molecule has 1 heterocycles. The number of nitrogens with zero attached hydrogens (tertiary/aromatic N) is 2. The normalized spacial score (nSPS) is 15.2. The molecule has 0 radical (unpaired) electrons. The Balaban J connectivity index is 1.41. The van der Waals surface area contributed by atoms with Crippen LogP contribution in [0.25, 0.3) is 11.0 Å². The van der Waals surface area contributed by atoms with Crippen molar-refractivity contribution in [3.05, 3.63) is 59.4 Å². The number of imidazole rings is 1. The van der Waals surface area contributed by atoms with Gasteiger partial charge in [-0.15, -0.1) is 0 Å². The molecule has 1 aliphatic rings. The number of unbranched alkanes of at least 4 members (excludes halogenated alkanes) is 1. The van der Waals surface area contributed by atoms with Gasteiger partial charge in [-0.2, -0.15) is 0 Å². The quantitative estimate of drug-likeness (QED) is 0.437. The van der Waals surface area contributed by atoms with E-state index in [4.69, 9.17) is 9.72 Å². The minimum Gasteiger partial charge on any atom is -0.493 e. The minimum absolute atomic E-state index is 0.631. The summed E-state index contributed by atoms with van der Waals surface area (Å²) in [5, 5.41) is 0. The topological polar surface area (TPSA) is 27.1 Å². The summed E-state index contributed by atoms with van der Waals surface area (Å²) in [5.41, 5.74) is 4.88. The molecule has 0 saturated heterocycles. The van der Waals surface area contributed by atoms with Crippen molar-refractivity contribution in [3.8, 4) is 5.75 Å². The Morgan fingerprint density at radius 1 is 0.929 bits per heavy atom. The zero-order valence-corrected chi connectivity index (χ0v) is 17.3. The maximum absolute atomic E-state index is 6.10. The fraction of sp³-hybridized carbons (Fsp3) is 0.480. The lowest BCUT2D eigenvalue weighted by Crippen LogP contribution is -2.13. The fourth-order valence-electron chi connectivity index (χ4n) is 4.57. The summed E-state index contributed by atoms with van der Waals surface area (Å²) in [6.45, 7) is 6.05. The van der Waals surface area contributed by atoms with Crippen LogP contribution in [-0.2, 0) is 6.54 Å². The Bertz CT molecular complexity index is 901. The maximum Gasteiger partial charge on any atom is 0.125 e. The molecule has 28 heavy (non-hydrogen) atoms. The Morgan fingerprint density at radius 2 is 1.68 bits per heavy atom. The van der Waals surface area contributed by atoms with E-state index < -0.39 is 0 Å². The van der Waals surface area contributed by atoms with Gasteiger partial charge >= 0.3 is 0 Å². The van der Waals surface area contributed by atoms with E-state index in [0.717, 1.165) is 37.3 Å². The molecule has 4 rings (SSSR count). The summed E-state index contributed by atoms with van der Waals surface area (Å²) in [5.74, 6) is 3.00. The zero-order valence-electron chi connectivity index (χ0n) is 17.3. The van der Waals surface area contributed by atoms with Crippen molar-refractivity contribution in [3.63, 3.8) is 0 Å². The van der Waals surface area contributed by atoms with E-state index in [9.17, 15) is 0 Å². The number of hydrogen-bond donors (Lipinski definition) is 0. The molecule has 148 valence electrons. The van der Waals surface area contributed by atoms with Crippen LogP contribution in [0.2, 0.25) is 0 Å². The third-order valence-corrected chi connectivity index (χ3v) is 6.09. The smallest absolute Gasteiger partial charge is 0.125 e. The van der Waals surface area contributed by atoms with Gasteiger partial charge in [0.05, 0.1) is 17.6 Å². The molecule has 1 fully saturated rings. The van der Waals surface area contributed by atoms with Gasteiger partial charge in [0, 0.05) is 12.5 Å². The van der Waals surface area contributed by atoms with E-state index in [1.165, 1.54) is 54.6 Å². The second-order valence-corrected chi connectivity index (χ2v) is 8.22. The average molecular weight is 377 g/mol. The van der Waals surface area contributed by atoms with Crippen molar-refractivity contribution in [2.24, 2.45) is 0 Å². The largest absolute Gasteiger partial charge is 0.493 e. The first-order valence-electron chi connectivity index (χ1n) is 10.9. The van der Waals surface area contributed by atoms with Gasteiger partial charge in [0.1, 0.15) is 11.6 Å². The number of rotatable bonds is 7. The van der Waals surface area contributed by atoms with Crippen molar-refractivity contribution in [1.82, 2.24) is 9.55 Å². The predicted octanol–water partition coefficient (Wildman–Crippen LogP) is 6.56. The van der Waals surface area contributed by atoms with Crippen LogP contribution in [0.3, 0.4) is 0 Å². The van der Waals surface area contributed by atoms with Crippen molar-refractivity contribution < 1.29 is 4.74 Å². The van der Waals surface area contributed by atoms with Gasteiger partial charge in [-0.05, 0) is 62.8 Å². The first-order valence-corrected chi connectivity index (χ1v) is 10.9. The highest BCUT2D eigenvalue weighted by molar-refractivity contribution is 5.76. The van der Waals surface area contributed by atoms with Crippen molar-refractivity contribution in [2.75, 3.05) is 6.61 Å². The van der Waals surface area contributed by atoms with Crippen LogP contribution in [0.4, 0.5) is 0 Å². The number of para-hydroxylation sites is 3. The lowest BCUT2D eigenvalue weighted by Gasteiger charge is -2.22. The molecular weight excluding hydrogens is 344 g/mol. The minimum atomic E-state index is 0.631. The number of ether oxygens (including phenoxy) is 1. The Labute approximate surface area is 168 Å². The Morgan fingerprint density at radius 3 is 2.46 bits per heavy atom. The lowest BCUT2D eigenvalue weighted by atomic mass is 9.88. The summed E-state index contributed by atoms with van der Waals surface area (Å²) in [7, 11) is 0. The highest BCUT2D eigenvalue weighted by Gasteiger charge is 2.22. The summed E-state index contributed by atoms with van der Waals surface area (Å²) in [4.78, 5) is 5.04. The van der Waals surface area contributed by atoms with Crippen molar-refractivity contribution in [2.45, 2.75) is 71.3 Å². The predicted molar refractivity (Wildman–Crippen MR) is 116 cm³/mol. The number of aromatic nitrogens is 2. The van der Waals surface area contributed by atoms with E-state index >= 15 is 0 Å². The summed E-state index contributed by atoms with van der Waals surface area (Å²) >= 11 is 0. The summed E-state index contributed by atoms with van der Waals surface area (Å²) < 4.78 is 8.59. The number of benzene rings is 2. The molecule has 3 aromatic rings. The van der Waals surface area contributed by atoms with E-state index in [1.807, 2.05) is 0 Å². The molecule has 1 saturated carbocycles. The molecule has 0 spiro atoms. The molecule has 0 unspecified atom stereocenters. The highest BCUT2D eigenvalue weighted by atomic mass is 16.5. The van der Waals surface area contributed by atoms with Gasteiger partial charge in [0.2, 0.25) is 0 Å². The van der Waals surface area contributed by atoms with Crippen molar-refractivity contribution in [1.29, 1.82) is 0 Å². The number of hydrogen-bond acceptors (Lipinski definition) is 2. The molecule has 0 bridgehead atoms. The highest BCUT2D eigenvalue weighted by Crippen LogP contribution is 2.34. The molecule has 2 aromatic carbocycles. The molecule has 3 nitrogen and oxygen atoms in total. The van der Waals surface area contributed by atoms with Crippen LogP contribution in [0.5, 0.6) is 5.75 Å². The van der Waals surface area contributed by atoms with Gasteiger partial charge in [-0.25, -0.2) is 4.98 Å². The van der Waals surface area contributed by atoms with Crippen LogP contribution in [0.15, 0.2) is 42.5 Å². The maximum atomic E-state index is 6.10. The van der Waals surface area contributed by atoms with E-state index in [2.05, 4.69) is 60.9 Å². The summed E-state index contributed by atoms with van der Waals surface area (Å²) in [6.07, 6.45) is 8.83. The molecule has 1 aliphatic carbocycles. The van der Waals surface area contributed by atoms with Crippen molar-refractivity contribution >= 4 is 11.0 Å². The standard InChI is InChI=1S/C25H32N2O/c1-19-11-10-12-20(2)24(19)28-18-9-8-17-27-23-16-7-6-15-22(23)26-25(27)21-13-4-3-5-14-21/h6-7,10-12,15-16,21H,3-5,8-9,13-14,17-18H2,1-2H3. The third-order valence-electron chi connectivity index (χ3n) is 6.09. The second-order valence-electron chi connectivity index (χ2n) is 8.22. The van der Waals surface area contributed by atoms with Crippen LogP contribution < -0.4 is 4.74 Å². The zero-order chi connectivity index (χ0) is 19.3. The van der Waals surface area contributed by atoms with Gasteiger partial charge in [0.15, 0.2) is 0 Å².